The number of ether oxygens (including phenoxy) is 1. The van der Waals surface area contributed by atoms with Gasteiger partial charge in [-0.25, -0.2) is 0 Å². The average molecular weight is 276 g/mol. The summed E-state index contributed by atoms with van der Waals surface area (Å²) < 4.78 is 5.22. The molecule has 1 saturated carbocycles. The Morgan fingerprint density at radius 3 is 2.35 bits per heavy atom. The molecule has 0 aromatic heterocycles. The number of nitrogens with one attached hydrogen (secondary N) is 2. The van der Waals surface area contributed by atoms with Crippen molar-refractivity contribution in [2.24, 2.45) is 10.8 Å². The molecule has 1 aromatic rings. The minimum absolute atomic E-state index is 0.0481. The van der Waals surface area contributed by atoms with Gasteiger partial charge in [-0.2, -0.15) is 0 Å². The molecule has 0 atom stereocenters. The number of rotatable bonds is 5. The molecule has 1 fully saturated rings. The van der Waals surface area contributed by atoms with Crippen molar-refractivity contribution < 1.29 is 9.53 Å². The van der Waals surface area contributed by atoms with Crippen LogP contribution in [0, 0.1) is 10.8 Å². The molecular formula is C16H24N2O2. The van der Waals surface area contributed by atoms with Gasteiger partial charge in [-0.1, -0.05) is 39.8 Å². The lowest BCUT2D eigenvalue weighted by molar-refractivity contribution is -0.115. The SMILES string of the molecule is COc1ccccc1NC(=O)CNC1C(C)(C)C1(C)C. The summed E-state index contributed by atoms with van der Waals surface area (Å²) in [5.41, 5.74) is 1.17. The number of para-hydroxylation sites is 2. The topological polar surface area (TPSA) is 50.4 Å². The van der Waals surface area contributed by atoms with Crippen molar-refractivity contribution in [1.29, 1.82) is 0 Å². The summed E-state index contributed by atoms with van der Waals surface area (Å²) in [5.74, 6) is 0.626. The zero-order valence-electron chi connectivity index (χ0n) is 12.9. The molecule has 0 heterocycles. The minimum atomic E-state index is -0.0481. The minimum Gasteiger partial charge on any atom is -0.495 e. The maximum absolute atomic E-state index is 12.0. The Bertz CT molecular complexity index is 495. The Kier molecular flexibility index (Phi) is 3.78. The van der Waals surface area contributed by atoms with E-state index in [0.29, 0.717) is 24.0 Å². The maximum Gasteiger partial charge on any atom is 0.238 e. The van der Waals surface area contributed by atoms with Crippen molar-refractivity contribution in [3.05, 3.63) is 24.3 Å². The van der Waals surface area contributed by atoms with E-state index in [-0.39, 0.29) is 16.7 Å². The molecule has 0 saturated heterocycles. The van der Waals surface area contributed by atoms with Crippen LogP contribution in [0.1, 0.15) is 27.7 Å². The quantitative estimate of drug-likeness (QED) is 0.869. The number of hydrogen-bond acceptors (Lipinski definition) is 3. The van der Waals surface area contributed by atoms with Crippen molar-refractivity contribution in [3.63, 3.8) is 0 Å². The van der Waals surface area contributed by atoms with Crippen LogP contribution in [0.2, 0.25) is 0 Å². The highest BCUT2D eigenvalue weighted by Gasteiger charge is 2.64. The van der Waals surface area contributed by atoms with E-state index in [4.69, 9.17) is 4.74 Å². The molecule has 0 spiro atoms. The monoisotopic (exact) mass is 276 g/mol. The first kappa shape index (κ1) is 14.9. The van der Waals surface area contributed by atoms with Crippen molar-refractivity contribution in [3.8, 4) is 5.75 Å². The molecule has 4 heteroatoms. The molecule has 1 amide bonds. The van der Waals surface area contributed by atoms with Crippen LogP contribution in [0.25, 0.3) is 0 Å². The van der Waals surface area contributed by atoms with Gasteiger partial charge in [0.1, 0.15) is 5.75 Å². The fraction of sp³-hybridized carbons (Fsp3) is 0.562. The predicted molar refractivity (Wildman–Crippen MR) is 81.0 cm³/mol. The number of benzene rings is 1. The van der Waals surface area contributed by atoms with Crippen LogP contribution in [0.15, 0.2) is 24.3 Å². The average Bonchev–Trinajstić information content (AvgIpc) is 2.78. The van der Waals surface area contributed by atoms with E-state index in [1.165, 1.54) is 0 Å². The predicted octanol–water partition coefficient (Wildman–Crippen LogP) is 2.66. The number of anilines is 1. The summed E-state index contributed by atoms with van der Waals surface area (Å²) in [6.45, 7) is 9.22. The van der Waals surface area contributed by atoms with Gasteiger partial charge in [0.25, 0.3) is 0 Å². The van der Waals surface area contributed by atoms with Crippen molar-refractivity contribution >= 4 is 11.6 Å². The van der Waals surface area contributed by atoms with Crippen molar-refractivity contribution in [2.45, 2.75) is 33.7 Å². The van der Waals surface area contributed by atoms with E-state index in [1.54, 1.807) is 7.11 Å². The first-order valence-electron chi connectivity index (χ1n) is 6.97. The zero-order valence-corrected chi connectivity index (χ0v) is 12.9. The normalized spacial score (nSPS) is 19.4. The lowest BCUT2D eigenvalue weighted by Gasteiger charge is -2.11. The molecule has 1 aliphatic carbocycles. The summed E-state index contributed by atoms with van der Waals surface area (Å²) in [4.78, 5) is 12.0. The molecule has 0 radical (unpaired) electrons. The molecule has 2 rings (SSSR count). The van der Waals surface area contributed by atoms with Crippen LogP contribution in [0.4, 0.5) is 5.69 Å². The van der Waals surface area contributed by atoms with Crippen LogP contribution in [0.5, 0.6) is 5.75 Å². The molecule has 2 N–H and O–H groups in total. The molecule has 4 nitrogen and oxygen atoms in total. The molecule has 110 valence electrons. The summed E-state index contributed by atoms with van der Waals surface area (Å²) in [7, 11) is 1.60. The van der Waals surface area contributed by atoms with Crippen molar-refractivity contribution in [1.82, 2.24) is 5.32 Å². The maximum atomic E-state index is 12.0. The molecule has 0 bridgehead atoms. The van der Waals surface area contributed by atoms with Gasteiger partial charge in [-0.3, -0.25) is 4.79 Å². The van der Waals surface area contributed by atoms with Crippen molar-refractivity contribution in [2.75, 3.05) is 19.0 Å². The van der Waals surface area contributed by atoms with Gasteiger partial charge in [0.15, 0.2) is 0 Å². The van der Waals surface area contributed by atoms with Gasteiger partial charge in [0.2, 0.25) is 5.91 Å². The Labute approximate surface area is 120 Å². The fourth-order valence-electron chi connectivity index (χ4n) is 2.84. The van der Waals surface area contributed by atoms with Crippen LogP contribution in [-0.4, -0.2) is 25.6 Å². The van der Waals surface area contributed by atoms with Gasteiger partial charge in [0.05, 0.1) is 19.3 Å². The lowest BCUT2D eigenvalue weighted by atomic mass is 10.0. The molecular weight excluding hydrogens is 252 g/mol. The van der Waals surface area contributed by atoms with E-state index in [0.717, 1.165) is 0 Å². The second kappa shape index (κ2) is 5.09. The number of amides is 1. The van der Waals surface area contributed by atoms with Gasteiger partial charge < -0.3 is 15.4 Å². The van der Waals surface area contributed by atoms with Crippen LogP contribution in [-0.2, 0) is 4.79 Å². The first-order valence-corrected chi connectivity index (χ1v) is 6.97. The second-order valence-corrected chi connectivity index (χ2v) is 6.51. The van der Waals surface area contributed by atoms with Crippen LogP contribution < -0.4 is 15.4 Å². The number of carbonyl (C=O) groups excluding carboxylic acids is 1. The third-order valence-corrected chi connectivity index (χ3v) is 4.87. The van der Waals surface area contributed by atoms with E-state index in [1.807, 2.05) is 24.3 Å². The van der Waals surface area contributed by atoms with Crippen LogP contribution >= 0.6 is 0 Å². The van der Waals surface area contributed by atoms with Gasteiger partial charge in [0, 0.05) is 6.04 Å². The molecule has 0 aliphatic heterocycles. The Balaban J connectivity index is 1.88. The van der Waals surface area contributed by atoms with Gasteiger partial charge in [-0.15, -0.1) is 0 Å². The standard InChI is InChI=1S/C16H24N2O2/c1-15(2)14(16(15,3)4)17-10-13(19)18-11-8-6-7-9-12(11)20-5/h6-9,14,17H,10H2,1-5H3,(H,18,19). The largest absolute Gasteiger partial charge is 0.495 e. The lowest BCUT2D eigenvalue weighted by Crippen LogP contribution is -2.32. The summed E-state index contributed by atoms with van der Waals surface area (Å²) in [6, 6.07) is 7.79. The Morgan fingerprint density at radius 1 is 1.20 bits per heavy atom. The molecule has 1 aliphatic rings. The molecule has 1 aromatic carbocycles. The highest BCUT2D eigenvalue weighted by atomic mass is 16.5. The third-order valence-electron chi connectivity index (χ3n) is 4.87. The van der Waals surface area contributed by atoms with E-state index in [9.17, 15) is 4.79 Å². The fourth-order valence-corrected chi connectivity index (χ4v) is 2.84. The molecule has 0 unspecified atom stereocenters. The Morgan fingerprint density at radius 2 is 1.80 bits per heavy atom. The third kappa shape index (κ3) is 2.52. The second-order valence-electron chi connectivity index (χ2n) is 6.51. The van der Waals surface area contributed by atoms with E-state index >= 15 is 0 Å². The highest BCUT2D eigenvalue weighted by molar-refractivity contribution is 5.93. The number of methoxy groups -OCH3 is 1. The summed E-state index contributed by atoms with van der Waals surface area (Å²) in [5, 5.41) is 6.21. The Hall–Kier alpha value is -1.55. The summed E-state index contributed by atoms with van der Waals surface area (Å²) >= 11 is 0. The van der Waals surface area contributed by atoms with Gasteiger partial charge in [-0.05, 0) is 23.0 Å². The van der Waals surface area contributed by atoms with Crippen LogP contribution in [0.3, 0.4) is 0 Å². The highest BCUT2D eigenvalue weighted by Crippen LogP contribution is 2.62. The van der Waals surface area contributed by atoms with E-state index in [2.05, 4.69) is 38.3 Å². The summed E-state index contributed by atoms with van der Waals surface area (Å²) in [6.07, 6.45) is 0. The zero-order chi connectivity index (χ0) is 15.0. The smallest absolute Gasteiger partial charge is 0.238 e. The van der Waals surface area contributed by atoms with Gasteiger partial charge >= 0.3 is 0 Å². The number of carbonyl (C=O) groups is 1. The van der Waals surface area contributed by atoms with E-state index < -0.39 is 0 Å². The number of hydrogen-bond donors (Lipinski definition) is 2. The first-order chi connectivity index (χ1) is 9.30. The molecule has 20 heavy (non-hydrogen) atoms.